The first kappa shape index (κ1) is 29.3. The number of hydrogen-bond acceptors (Lipinski definition) is 8. The summed E-state index contributed by atoms with van der Waals surface area (Å²) in [6, 6.07) is 11.4. The van der Waals surface area contributed by atoms with Gasteiger partial charge < -0.3 is 18.8 Å². The number of halogens is 4. The zero-order chi connectivity index (χ0) is 31.0. The first-order valence-electron chi connectivity index (χ1n) is 13.4. The Morgan fingerprint density at radius 2 is 1.84 bits per heavy atom. The number of carbonyl (C=O) groups excluding carboxylic acids is 1. The van der Waals surface area contributed by atoms with E-state index >= 15 is 8.78 Å². The Morgan fingerprint density at radius 3 is 2.55 bits per heavy atom. The topological polar surface area (TPSA) is 99.3 Å². The van der Waals surface area contributed by atoms with Crippen molar-refractivity contribution in [2.24, 2.45) is 0 Å². The maximum atomic E-state index is 15.4. The molecule has 0 bridgehead atoms. The molecule has 0 aliphatic carbocycles. The van der Waals surface area contributed by atoms with Gasteiger partial charge in [0.15, 0.2) is 5.82 Å². The highest BCUT2D eigenvalue weighted by Crippen LogP contribution is 2.32. The van der Waals surface area contributed by atoms with Gasteiger partial charge in [-0.2, -0.15) is 5.26 Å². The molecule has 1 unspecified atom stereocenters. The molecule has 224 valence electrons. The Morgan fingerprint density at radius 1 is 1.05 bits per heavy atom. The van der Waals surface area contributed by atoms with Gasteiger partial charge in [-0.05, 0) is 54.4 Å². The summed E-state index contributed by atoms with van der Waals surface area (Å²) in [7, 11) is 1.29. The minimum absolute atomic E-state index is 0.0303. The maximum absolute atomic E-state index is 15.4. The molecule has 3 aromatic heterocycles. The van der Waals surface area contributed by atoms with Gasteiger partial charge in [0.2, 0.25) is 0 Å². The summed E-state index contributed by atoms with van der Waals surface area (Å²) in [5.41, 5.74) is 0.549. The normalized spacial score (nSPS) is 14.3. The molecule has 1 saturated heterocycles. The fraction of sp³-hybridized carbons (Fsp3) is 0.226. The van der Waals surface area contributed by atoms with Crippen molar-refractivity contribution in [3.63, 3.8) is 0 Å². The molecule has 2 aromatic carbocycles. The second-order valence-corrected chi connectivity index (χ2v) is 11.0. The molecule has 0 saturated carbocycles. The number of fused-ring (bicyclic) bond motifs is 1. The zero-order valence-corrected chi connectivity index (χ0v) is 23.9. The van der Waals surface area contributed by atoms with Gasteiger partial charge >= 0.3 is 5.97 Å². The summed E-state index contributed by atoms with van der Waals surface area (Å²) in [5.74, 6) is -3.68. The van der Waals surface area contributed by atoms with E-state index in [1.807, 2.05) is 10.6 Å². The van der Waals surface area contributed by atoms with Gasteiger partial charge in [-0.25, -0.2) is 32.3 Å². The summed E-state index contributed by atoms with van der Waals surface area (Å²) < 4.78 is 77.1. The van der Waals surface area contributed by atoms with E-state index in [-0.39, 0.29) is 40.5 Å². The van der Waals surface area contributed by atoms with Crippen molar-refractivity contribution in [3.8, 4) is 23.2 Å². The molecule has 44 heavy (non-hydrogen) atoms. The summed E-state index contributed by atoms with van der Waals surface area (Å²) >= 11 is 1.14. The van der Waals surface area contributed by atoms with Gasteiger partial charge in [-0.1, -0.05) is 6.07 Å². The van der Waals surface area contributed by atoms with Gasteiger partial charge in [0, 0.05) is 24.2 Å². The molecular weight excluding hydrogens is 600 g/mol. The van der Waals surface area contributed by atoms with E-state index in [0.29, 0.717) is 34.2 Å². The van der Waals surface area contributed by atoms with Crippen LogP contribution in [-0.4, -0.2) is 40.3 Å². The zero-order valence-electron chi connectivity index (χ0n) is 23.1. The summed E-state index contributed by atoms with van der Waals surface area (Å²) in [5, 5.41) is 8.89. The number of carbonyl (C=O) groups is 1. The highest BCUT2D eigenvalue weighted by molar-refractivity contribution is 7.20. The standard InChI is InChI=1S/C31H22F4N4O4S/c1-41-31(40)27-12-26-30(44-27)38-28(39(26)14-19-6-7-42-19)10-18-9-24(35)20(11-23(18)34)25-5-4-21(32)29(37-25)43-15-17-3-2-16(13-36)8-22(17)33/h2-5,8-9,11-12,19H,6-7,10,14-15H2,1H3. The van der Waals surface area contributed by atoms with Crippen LogP contribution in [0, 0.1) is 34.6 Å². The van der Waals surface area contributed by atoms with Gasteiger partial charge in [-0.15, -0.1) is 11.3 Å². The molecule has 8 nitrogen and oxygen atoms in total. The number of pyridine rings is 1. The van der Waals surface area contributed by atoms with Crippen LogP contribution in [0.2, 0.25) is 0 Å². The predicted molar refractivity (Wildman–Crippen MR) is 151 cm³/mol. The Labute approximate surface area is 252 Å². The number of benzene rings is 2. The number of esters is 1. The van der Waals surface area contributed by atoms with Crippen molar-refractivity contribution in [2.75, 3.05) is 13.7 Å². The van der Waals surface area contributed by atoms with Crippen LogP contribution in [0.4, 0.5) is 17.6 Å². The van der Waals surface area contributed by atoms with Crippen molar-refractivity contribution in [3.05, 3.63) is 99.2 Å². The minimum atomic E-state index is -0.877. The van der Waals surface area contributed by atoms with Crippen LogP contribution in [-0.2, 0) is 29.0 Å². The van der Waals surface area contributed by atoms with Gasteiger partial charge in [0.05, 0.1) is 42.6 Å². The molecule has 4 heterocycles. The Hall–Kier alpha value is -4.80. The average molecular weight is 623 g/mol. The highest BCUT2D eigenvalue weighted by atomic mass is 32.1. The number of imidazole rings is 1. The number of ether oxygens (including phenoxy) is 3. The van der Waals surface area contributed by atoms with Crippen LogP contribution in [0.15, 0.2) is 48.5 Å². The molecule has 1 fully saturated rings. The minimum Gasteiger partial charge on any atom is -0.471 e. The smallest absolute Gasteiger partial charge is 0.348 e. The third-order valence-electron chi connectivity index (χ3n) is 7.21. The molecule has 5 aromatic rings. The van der Waals surface area contributed by atoms with Gasteiger partial charge in [-0.3, -0.25) is 0 Å². The third-order valence-corrected chi connectivity index (χ3v) is 8.21. The Kier molecular flexibility index (Phi) is 8.03. The summed E-state index contributed by atoms with van der Waals surface area (Å²) in [4.78, 5) is 21.6. The quantitative estimate of drug-likeness (QED) is 0.140. The van der Waals surface area contributed by atoms with Crippen LogP contribution in [0.3, 0.4) is 0 Å². The van der Waals surface area contributed by atoms with E-state index in [0.717, 1.165) is 42.0 Å². The van der Waals surface area contributed by atoms with Crippen LogP contribution in [0.25, 0.3) is 21.6 Å². The maximum Gasteiger partial charge on any atom is 0.348 e. The van der Waals surface area contributed by atoms with E-state index in [9.17, 15) is 13.6 Å². The predicted octanol–water partition coefficient (Wildman–Crippen LogP) is 6.33. The van der Waals surface area contributed by atoms with E-state index in [1.165, 1.54) is 25.3 Å². The lowest BCUT2D eigenvalue weighted by Crippen LogP contribution is -2.31. The molecule has 6 rings (SSSR count). The second kappa shape index (κ2) is 12.1. The molecule has 1 atom stereocenters. The van der Waals surface area contributed by atoms with Gasteiger partial charge in [0.25, 0.3) is 5.88 Å². The first-order valence-corrected chi connectivity index (χ1v) is 14.2. The number of aromatic nitrogens is 3. The number of rotatable bonds is 9. The lowest BCUT2D eigenvalue weighted by atomic mass is 10.0. The molecular formula is C31H22F4N4O4S. The fourth-order valence-corrected chi connectivity index (χ4v) is 5.75. The number of thiophene rings is 1. The molecule has 0 amide bonds. The van der Waals surface area contributed by atoms with Crippen molar-refractivity contribution in [1.29, 1.82) is 5.26 Å². The Bertz CT molecular complexity index is 1950. The van der Waals surface area contributed by atoms with Crippen LogP contribution in [0.5, 0.6) is 5.88 Å². The lowest BCUT2D eigenvalue weighted by Gasteiger charge is -2.27. The highest BCUT2D eigenvalue weighted by Gasteiger charge is 2.25. The van der Waals surface area contributed by atoms with Crippen molar-refractivity contribution >= 4 is 27.7 Å². The van der Waals surface area contributed by atoms with Crippen molar-refractivity contribution in [2.45, 2.75) is 32.1 Å². The Balaban J connectivity index is 1.26. The summed E-state index contributed by atoms with van der Waals surface area (Å²) in [6.45, 7) is 0.657. The molecule has 0 spiro atoms. The average Bonchev–Trinajstić information content (AvgIpc) is 3.54. The lowest BCUT2D eigenvalue weighted by molar-refractivity contribution is -0.0589. The second-order valence-electron chi connectivity index (χ2n) is 10.0. The summed E-state index contributed by atoms with van der Waals surface area (Å²) in [6.07, 6.45) is 0.723. The molecule has 0 N–H and O–H groups in total. The van der Waals surface area contributed by atoms with E-state index in [4.69, 9.17) is 19.5 Å². The van der Waals surface area contributed by atoms with Crippen molar-refractivity contribution in [1.82, 2.24) is 14.5 Å². The van der Waals surface area contributed by atoms with E-state index in [1.54, 1.807) is 6.07 Å². The number of nitriles is 1. The fourth-order valence-electron chi connectivity index (χ4n) is 4.78. The molecule has 0 radical (unpaired) electrons. The van der Waals surface area contributed by atoms with E-state index in [2.05, 4.69) is 9.97 Å². The van der Waals surface area contributed by atoms with Crippen LogP contribution < -0.4 is 4.74 Å². The molecule has 1 aliphatic rings. The SMILES string of the molecule is COC(=O)c1cc2c(nc(Cc3cc(F)c(-c4ccc(F)c(OCc5ccc(C#N)cc5F)n4)cc3F)n2CC2CCO2)s1. The number of nitrogens with zero attached hydrogens (tertiary/aromatic N) is 4. The first-order chi connectivity index (χ1) is 21.2. The number of methoxy groups -OCH3 is 1. The number of hydrogen-bond donors (Lipinski definition) is 0. The largest absolute Gasteiger partial charge is 0.471 e. The van der Waals surface area contributed by atoms with Crippen LogP contribution >= 0.6 is 11.3 Å². The third kappa shape index (κ3) is 5.73. The molecule has 13 heteroatoms. The van der Waals surface area contributed by atoms with Crippen LogP contribution in [0.1, 0.15) is 38.6 Å². The monoisotopic (exact) mass is 622 g/mol. The van der Waals surface area contributed by atoms with Gasteiger partial charge in [0.1, 0.15) is 39.6 Å². The van der Waals surface area contributed by atoms with E-state index < -0.39 is 41.7 Å². The van der Waals surface area contributed by atoms with Crippen molar-refractivity contribution < 1.29 is 36.6 Å². The molecule has 1 aliphatic heterocycles.